The lowest BCUT2D eigenvalue weighted by atomic mass is 10.1. The van der Waals surface area contributed by atoms with Crippen LogP contribution in [0.25, 0.3) is 5.70 Å². The van der Waals surface area contributed by atoms with Crippen LogP contribution in [-0.4, -0.2) is 73.7 Å². The van der Waals surface area contributed by atoms with E-state index in [0.717, 1.165) is 5.56 Å². The zero-order chi connectivity index (χ0) is 23.6. The molecule has 0 bridgehead atoms. The van der Waals surface area contributed by atoms with E-state index in [9.17, 15) is 18.0 Å². The summed E-state index contributed by atoms with van der Waals surface area (Å²) in [5.74, 6) is 0.369. The quantitative estimate of drug-likeness (QED) is 0.622. The fraction of sp³-hybridized carbons (Fsp3) is 0.333. The predicted molar refractivity (Wildman–Crippen MR) is 124 cm³/mol. The molecule has 0 radical (unpaired) electrons. The molecule has 0 aromatic heterocycles. The number of piperazine rings is 1. The molecule has 0 saturated carbocycles. The molecule has 2 aromatic carbocycles. The summed E-state index contributed by atoms with van der Waals surface area (Å²) in [6, 6.07) is 13.6. The molecule has 0 N–H and O–H groups in total. The normalized spacial score (nSPS) is 16.8. The van der Waals surface area contributed by atoms with E-state index in [1.54, 1.807) is 29.2 Å². The van der Waals surface area contributed by atoms with Gasteiger partial charge in [-0.3, -0.25) is 9.59 Å². The van der Waals surface area contributed by atoms with Gasteiger partial charge in [-0.25, -0.2) is 8.42 Å². The molecule has 0 unspecified atom stereocenters. The van der Waals surface area contributed by atoms with Crippen molar-refractivity contribution in [2.24, 2.45) is 0 Å². The summed E-state index contributed by atoms with van der Waals surface area (Å²) >= 11 is 0. The number of carbonyl (C=O) groups is 2. The molecule has 33 heavy (non-hydrogen) atoms. The minimum absolute atomic E-state index is 0.107. The fourth-order valence-electron chi connectivity index (χ4n) is 4.14. The molecule has 0 aliphatic carbocycles. The predicted octanol–water partition coefficient (Wildman–Crippen LogP) is 2.44. The van der Waals surface area contributed by atoms with Crippen LogP contribution in [0.1, 0.15) is 29.3 Å². The van der Waals surface area contributed by atoms with E-state index in [2.05, 4.69) is 6.58 Å². The maximum absolute atomic E-state index is 12.9. The number of benzene rings is 2. The number of ether oxygens (including phenoxy) is 1. The topological polar surface area (TPSA) is 87.2 Å². The minimum Gasteiger partial charge on any atom is -0.494 e. The third-order valence-corrected chi connectivity index (χ3v) is 7.87. The Bertz CT molecular complexity index is 1130. The number of carbonyl (C=O) groups excluding carboxylic acids is 2. The van der Waals surface area contributed by atoms with Crippen LogP contribution in [0.5, 0.6) is 5.75 Å². The number of amides is 2. The Hall–Kier alpha value is -3.17. The first-order chi connectivity index (χ1) is 15.8. The van der Waals surface area contributed by atoms with Crippen molar-refractivity contribution in [3.8, 4) is 5.75 Å². The molecule has 2 aliphatic rings. The Morgan fingerprint density at radius 3 is 2.24 bits per heavy atom. The monoisotopic (exact) mass is 469 g/mol. The second kappa shape index (κ2) is 9.36. The van der Waals surface area contributed by atoms with Gasteiger partial charge in [-0.05, 0) is 37.3 Å². The maximum atomic E-state index is 12.9. The summed E-state index contributed by atoms with van der Waals surface area (Å²) in [4.78, 5) is 28.7. The molecular formula is C24H27N3O5S. The summed E-state index contributed by atoms with van der Waals surface area (Å²) in [7, 11) is -3.64. The van der Waals surface area contributed by atoms with E-state index in [-0.39, 0.29) is 42.8 Å². The van der Waals surface area contributed by atoms with Gasteiger partial charge in [0.15, 0.2) is 0 Å². The van der Waals surface area contributed by atoms with E-state index >= 15 is 0 Å². The lowest BCUT2D eigenvalue weighted by molar-refractivity contribution is -0.132. The van der Waals surface area contributed by atoms with Crippen molar-refractivity contribution in [1.82, 2.24) is 14.1 Å². The molecule has 4 rings (SSSR count). The van der Waals surface area contributed by atoms with Crippen LogP contribution < -0.4 is 4.74 Å². The molecule has 0 spiro atoms. The summed E-state index contributed by atoms with van der Waals surface area (Å²) < 4.78 is 32.6. The molecule has 9 heteroatoms. The van der Waals surface area contributed by atoms with E-state index in [4.69, 9.17) is 4.74 Å². The van der Waals surface area contributed by atoms with E-state index in [1.165, 1.54) is 21.3 Å². The van der Waals surface area contributed by atoms with Crippen LogP contribution in [-0.2, 0) is 14.8 Å². The Balaban J connectivity index is 1.31. The van der Waals surface area contributed by atoms with E-state index < -0.39 is 10.0 Å². The molecule has 1 fully saturated rings. The molecule has 2 amide bonds. The van der Waals surface area contributed by atoms with Gasteiger partial charge < -0.3 is 14.5 Å². The third kappa shape index (κ3) is 4.51. The SMILES string of the molecule is C=C1c2ccccc2C(=O)N1CCC(=O)N1CCN(S(=O)(=O)c2ccc(OCC)cc2)CC1. The Kier molecular flexibility index (Phi) is 6.53. The van der Waals surface area contributed by atoms with E-state index in [1.807, 2.05) is 19.1 Å². The highest BCUT2D eigenvalue weighted by molar-refractivity contribution is 7.89. The smallest absolute Gasteiger partial charge is 0.258 e. The molecule has 8 nitrogen and oxygen atoms in total. The average Bonchev–Trinajstić information content (AvgIpc) is 3.08. The highest BCUT2D eigenvalue weighted by Gasteiger charge is 2.33. The third-order valence-electron chi connectivity index (χ3n) is 5.95. The van der Waals surface area contributed by atoms with Gasteiger partial charge in [0.25, 0.3) is 5.91 Å². The summed E-state index contributed by atoms with van der Waals surface area (Å²) in [6.07, 6.45) is 0.157. The number of hydrogen-bond donors (Lipinski definition) is 0. The molecule has 2 aliphatic heterocycles. The first-order valence-corrected chi connectivity index (χ1v) is 12.4. The second-order valence-electron chi connectivity index (χ2n) is 7.89. The molecule has 174 valence electrons. The van der Waals surface area contributed by atoms with Crippen molar-refractivity contribution in [2.45, 2.75) is 18.2 Å². The summed E-state index contributed by atoms with van der Waals surface area (Å²) in [5.41, 5.74) is 2.00. The van der Waals surface area contributed by atoms with Crippen molar-refractivity contribution in [2.75, 3.05) is 39.3 Å². The highest BCUT2D eigenvalue weighted by atomic mass is 32.2. The number of hydrogen-bond acceptors (Lipinski definition) is 5. The molecule has 1 saturated heterocycles. The number of sulfonamides is 1. The average molecular weight is 470 g/mol. The number of fused-ring (bicyclic) bond motifs is 1. The van der Waals surface area contributed by atoms with Crippen molar-refractivity contribution >= 4 is 27.5 Å². The summed E-state index contributed by atoms with van der Waals surface area (Å²) in [6.45, 7) is 7.69. The van der Waals surface area contributed by atoms with Gasteiger partial charge in [0.2, 0.25) is 15.9 Å². The first-order valence-electron chi connectivity index (χ1n) is 10.9. The van der Waals surface area contributed by atoms with Crippen LogP contribution in [0.4, 0.5) is 0 Å². The fourth-order valence-corrected chi connectivity index (χ4v) is 5.56. The highest BCUT2D eigenvalue weighted by Crippen LogP contribution is 2.31. The van der Waals surface area contributed by atoms with E-state index in [0.29, 0.717) is 36.7 Å². The molecule has 2 aromatic rings. The standard InChI is InChI=1S/C24H27N3O5S/c1-3-32-19-8-10-20(11-9-19)33(30,31)26-16-14-25(15-17-26)23(28)12-13-27-18(2)21-6-4-5-7-22(21)24(27)29/h4-11H,2-3,12-17H2,1H3. The van der Waals surface area contributed by atoms with Crippen LogP contribution in [0.2, 0.25) is 0 Å². The minimum atomic E-state index is -3.64. The Labute approximate surface area is 194 Å². The zero-order valence-corrected chi connectivity index (χ0v) is 19.4. The number of nitrogens with zero attached hydrogens (tertiary/aromatic N) is 3. The zero-order valence-electron chi connectivity index (χ0n) is 18.6. The first kappa shape index (κ1) is 23.0. The van der Waals surface area contributed by atoms with Crippen LogP contribution >= 0.6 is 0 Å². The van der Waals surface area contributed by atoms with Crippen molar-refractivity contribution in [1.29, 1.82) is 0 Å². The molecule has 0 atom stereocenters. The largest absolute Gasteiger partial charge is 0.494 e. The van der Waals surface area contributed by atoms with Gasteiger partial charge >= 0.3 is 0 Å². The summed E-state index contributed by atoms with van der Waals surface area (Å²) in [5, 5.41) is 0. The van der Waals surface area contributed by atoms with Gasteiger partial charge in [0.05, 0.1) is 11.5 Å². The lowest BCUT2D eigenvalue weighted by Gasteiger charge is -2.34. The van der Waals surface area contributed by atoms with Crippen molar-refractivity contribution in [3.05, 3.63) is 66.2 Å². The molecule has 2 heterocycles. The van der Waals surface area contributed by atoms with Gasteiger partial charge in [0, 0.05) is 56.0 Å². The van der Waals surface area contributed by atoms with Crippen molar-refractivity contribution < 1.29 is 22.7 Å². The van der Waals surface area contributed by atoms with Crippen LogP contribution in [0.3, 0.4) is 0 Å². The van der Waals surface area contributed by atoms with Gasteiger partial charge in [-0.2, -0.15) is 4.31 Å². The van der Waals surface area contributed by atoms with Gasteiger partial charge in [0.1, 0.15) is 5.75 Å². The Morgan fingerprint density at radius 1 is 1.00 bits per heavy atom. The van der Waals surface area contributed by atoms with Crippen LogP contribution in [0.15, 0.2) is 60.0 Å². The van der Waals surface area contributed by atoms with Crippen molar-refractivity contribution in [3.63, 3.8) is 0 Å². The van der Waals surface area contributed by atoms with Gasteiger partial charge in [-0.1, -0.05) is 24.8 Å². The maximum Gasteiger partial charge on any atom is 0.258 e. The lowest BCUT2D eigenvalue weighted by Crippen LogP contribution is -2.50. The number of rotatable bonds is 7. The second-order valence-corrected chi connectivity index (χ2v) is 9.83. The Morgan fingerprint density at radius 2 is 1.64 bits per heavy atom. The van der Waals surface area contributed by atoms with Gasteiger partial charge in [-0.15, -0.1) is 0 Å². The molecular weight excluding hydrogens is 442 g/mol. The van der Waals surface area contributed by atoms with Crippen LogP contribution in [0, 0.1) is 0 Å².